The summed E-state index contributed by atoms with van der Waals surface area (Å²) in [6, 6.07) is -0.0657. The first kappa shape index (κ1) is 24.2. The Morgan fingerprint density at radius 2 is 2.11 bits per heavy atom. The molecule has 2 aliphatic carbocycles. The number of aliphatic hydroxyl groups excluding tert-OH is 1. The molecule has 190 valence electrons. The first-order valence-electron chi connectivity index (χ1n) is 12.7. The summed E-state index contributed by atoms with van der Waals surface area (Å²) in [5.74, 6) is 0.859. The van der Waals surface area contributed by atoms with Crippen molar-refractivity contribution in [2.45, 2.75) is 44.2 Å². The number of aliphatic imine (C=N–C) groups is 2. The van der Waals surface area contributed by atoms with Crippen molar-refractivity contribution in [1.82, 2.24) is 19.6 Å². The van der Waals surface area contributed by atoms with Crippen LogP contribution in [0.25, 0.3) is 0 Å². The van der Waals surface area contributed by atoms with Crippen LogP contribution in [-0.4, -0.2) is 88.0 Å². The van der Waals surface area contributed by atoms with Crippen molar-refractivity contribution in [3.63, 3.8) is 0 Å². The molecule has 2 atom stereocenters. The van der Waals surface area contributed by atoms with E-state index < -0.39 is 0 Å². The predicted octanol–water partition coefficient (Wildman–Crippen LogP) is 2.37. The van der Waals surface area contributed by atoms with Crippen molar-refractivity contribution in [3.05, 3.63) is 65.0 Å². The van der Waals surface area contributed by atoms with E-state index in [1.165, 1.54) is 0 Å². The summed E-state index contributed by atoms with van der Waals surface area (Å²) in [6.07, 6.45) is 17.9. The number of hydrogen-bond donors (Lipinski definition) is 1. The van der Waals surface area contributed by atoms with Crippen LogP contribution in [0.5, 0.6) is 0 Å². The molecule has 4 aliphatic rings. The third-order valence-corrected chi connectivity index (χ3v) is 7.10. The Bertz CT molecular complexity index is 1180. The topological polar surface area (TPSA) is 95.5 Å². The van der Waals surface area contributed by atoms with Gasteiger partial charge in [0.15, 0.2) is 0 Å². The van der Waals surface area contributed by atoms with Gasteiger partial charge in [-0.2, -0.15) is 5.10 Å². The second kappa shape index (κ2) is 10.7. The van der Waals surface area contributed by atoms with Crippen LogP contribution in [0.1, 0.15) is 37.7 Å². The van der Waals surface area contributed by atoms with Gasteiger partial charge >= 0.3 is 0 Å². The largest absolute Gasteiger partial charge is 0.501 e. The summed E-state index contributed by atoms with van der Waals surface area (Å²) >= 11 is 0. The van der Waals surface area contributed by atoms with E-state index in [1.54, 1.807) is 18.0 Å². The number of rotatable bonds is 8. The molecule has 1 aromatic heterocycles. The number of allylic oxidation sites excluding steroid dienone is 1. The SMILES string of the molecule is COC1=CC(C(=O)N2CCCC2)=CC(N(CCCO)C2=CCC3N=CC(c4cnn(C)c4)=NC3=C2)C1. The van der Waals surface area contributed by atoms with E-state index in [4.69, 9.17) is 14.7 Å². The average Bonchev–Trinajstić information content (AvgIpc) is 3.60. The van der Waals surface area contributed by atoms with Gasteiger partial charge in [0.25, 0.3) is 5.91 Å². The number of nitrogens with zero attached hydrogens (tertiary/aromatic N) is 6. The fraction of sp³-hybridized carbons (Fsp3) is 0.481. The maximum atomic E-state index is 13.2. The standard InChI is InChI=1S/C27H34N6O3/c1-31-18-20(16-29-31)26-17-28-24-7-6-21(15-25(24)30-26)33(10-5-11-34)22-12-19(13-23(14-22)36-2)27(35)32-8-3-4-9-32/h6,12-13,15-18,22,24,34H,3-5,7-11,14H2,1-2H3. The Labute approximate surface area is 211 Å². The summed E-state index contributed by atoms with van der Waals surface area (Å²) in [5.41, 5.74) is 4.37. The normalized spacial score (nSPS) is 23.3. The van der Waals surface area contributed by atoms with Gasteiger partial charge in [-0.15, -0.1) is 0 Å². The third kappa shape index (κ3) is 5.06. The molecule has 5 rings (SSSR count). The zero-order chi connectivity index (χ0) is 25.1. The monoisotopic (exact) mass is 490 g/mol. The zero-order valence-corrected chi connectivity index (χ0v) is 21.0. The number of ether oxygens (including phenoxy) is 1. The highest BCUT2D eigenvalue weighted by Gasteiger charge is 2.30. The van der Waals surface area contributed by atoms with Crippen LogP contribution < -0.4 is 0 Å². The van der Waals surface area contributed by atoms with Crippen molar-refractivity contribution < 1.29 is 14.6 Å². The Hall–Kier alpha value is -3.46. The number of aliphatic hydroxyl groups is 1. The summed E-state index contributed by atoms with van der Waals surface area (Å²) < 4.78 is 7.40. The summed E-state index contributed by atoms with van der Waals surface area (Å²) in [7, 11) is 3.54. The van der Waals surface area contributed by atoms with Gasteiger partial charge in [0, 0.05) is 69.0 Å². The molecule has 1 amide bonds. The molecule has 0 saturated carbocycles. The Kier molecular flexibility index (Phi) is 7.18. The minimum absolute atomic E-state index is 0.00232. The third-order valence-electron chi connectivity index (χ3n) is 7.10. The smallest absolute Gasteiger partial charge is 0.253 e. The van der Waals surface area contributed by atoms with Gasteiger partial charge in [-0.1, -0.05) is 6.08 Å². The number of amides is 1. The van der Waals surface area contributed by atoms with E-state index in [1.807, 2.05) is 30.4 Å². The van der Waals surface area contributed by atoms with E-state index >= 15 is 0 Å². The van der Waals surface area contributed by atoms with E-state index in [0.717, 1.165) is 60.8 Å². The van der Waals surface area contributed by atoms with Gasteiger partial charge in [-0.3, -0.25) is 14.5 Å². The van der Waals surface area contributed by atoms with Crippen molar-refractivity contribution in [2.24, 2.45) is 17.0 Å². The maximum absolute atomic E-state index is 13.2. The highest BCUT2D eigenvalue weighted by molar-refractivity contribution is 6.38. The molecule has 0 radical (unpaired) electrons. The highest BCUT2D eigenvalue weighted by atomic mass is 16.5. The number of fused-ring (bicyclic) bond motifs is 1. The number of likely N-dealkylation sites (tertiary alicyclic amines) is 1. The van der Waals surface area contributed by atoms with Crippen molar-refractivity contribution >= 4 is 17.8 Å². The summed E-state index contributed by atoms with van der Waals surface area (Å²) in [5, 5.41) is 13.9. The first-order valence-corrected chi connectivity index (χ1v) is 12.7. The Morgan fingerprint density at radius 3 is 2.83 bits per heavy atom. The van der Waals surface area contributed by atoms with Crippen molar-refractivity contribution in [2.75, 3.05) is 33.4 Å². The fourth-order valence-electron chi connectivity index (χ4n) is 5.18. The van der Waals surface area contributed by atoms with Crippen LogP contribution >= 0.6 is 0 Å². The highest BCUT2D eigenvalue weighted by Crippen LogP contribution is 2.32. The van der Waals surface area contributed by atoms with Crippen LogP contribution in [0.15, 0.2) is 69.4 Å². The van der Waals surface area contributed by atoms with Crippen molar-refractivity contribution in [1.29, 1.82) is 0 Å². The maximum Gasteiger partial charge on any atom is 0.253 e. The van der Waals surface area contributed by atoms with Crippen LogP contribution in [-0.2, 0) is 16.6 Å². The van der Waals surface area contributed by atoms with E-state index in [-0.39, 0.29) is 24.6 Å². The number of carbonyl (C=O) groups excluding carboxylic acids is 1. The molecule has 9 nitrogen and oxygen atoms in total. The van der Waals surface area contributed by atoms with Crippen molar-refractivity contribution in [3.8, 4) is 0 Å². The minimum atomic E-state index is -0.0634. The second-order valence-corrected chi connectivity index (χ2v) is 9.61. The number of methoxy groups -OCH3 is 1. The van der Waals surface area contributed by atoms with E-state index in [2.05, 4.69) is 28.2 Å². The van der Waals surface area contributed by atoms with Crippen LogP contribution in [0, 0.1) is 0 Å². The molecule has 1 fully saturated rings. The lowest BCUT2D eigenvalue weighted by Gasteiger charge is -2.37. The zero-order valence-electron chi connectivity index (χ0n) is 21.0. The van der Waals surface area contributed by atoms with E-state index in [0.29, 0.717) is 25.0 Å². The molecule has 0 bridgehead atoms. The molecule has 2 aliphatic heterocycles. The fourth-order valence-corrected chi connectivity index (χ4v) is 5.18. The average molecular weight is 491 g/mol. The molecule has 1 saturated heterocycles. The molecule has 0 spiro atoms. The molecule has 3 heterocycles. The van der Waals surface area contributed by atoms with Gasteiger partial charge in [0.1, 0.15) is 0 Å². The number of aryl methyl sites for hydroxylation is 1. The van der Waals surface area contributed by atoms with Gasteiger partial charge in [0.05, 0.1) is 42.6 Å². The lowest BCUT2D eigenvalue weighted by atomic mass is 9.95. The summed E-state index contributed by atoms with van der Waals surface area (Å²) in [4.78, 5) is 27.1. The Balaban J connectivity index is 1.44. The molecular weight excluding hydrogens is 456 g/mol. The summed E-state index contributed by atoms with van der Waals surface area (Å²) in [6.45, 7) is 2.37. The number of aromatic nitrogens is 2. The minimum Gasteiger partial charge on any atom is -0.501 e. The molecule has 1 aromatic rings. The molecule has 1 N–H and O–H groups in total. The molecular formula is C27H34N6O3. The first-order chi connectivity index (χ1) is 17.6. The lowest BCUT2D eigenvalue weighted by Crippen LogP contribution is -2.38. The molecule has 2 unspecified atom stereocenters. The predicted molar refractivity (Wildman–Crippen MR) is 139 cm³/mol. The van der Waals surface area contributed by atoms with E-state index in [9.17, 15) is 9.90 Å². The molecule has 9 heteroatoms. The number of carbonyl (C=O) groups is 1. The van der Waals surface area contributed by atoms with Crippen LogP contribution in [0.2, 0.25) is 0 Å². The van der Waals surface area contributed by atoms with Crippen LogP contribution in [0.4, 0.5) is 0 Å². The molecule has 36 heavy (non-hydrogen) atoms. The Morgan fingerprint density at radius 1 is 1.28 bits per heavy atom. The van der Waals surface area contributed by atoms with Gasteiger partial charge in [-0.05, 0) is 43.9 Å². The lowest BCUT2D eigenvalue weighted by molar-refractivity contribution is -0.125. The quantitative estimate of drug-likeness (QED) is 0.604. The van der Waals surface area contributed by atoms with Gasteiger partial charge in [-0.25, -0.2) is 4.99 Å². The second-order valence-electron chi connectivity index (χ2n) is 9.61. The molecule has 0 aromatic carbocycles. The van der Waals surface area contributed by atoms with Crippen LogP contribution in [0.3, 0.4) is 0 Å². The van der Waals surface area contributed by atoms with Gasteiger partial charge in [0.2, 0.25) is 0 Å². The number of hydrogen-bond acceptors (Lipinski definition) is 7. The van der Waals surface area contributed by atoms with Gasteiger partial charge < -0.3 is 19.6 Å².